The summed E-state index contributed by atoms with van der Waals surface area (Å²) in [7, 11) is 0. The van der Waals surface area contributed by atoms with Crippen molar-refractivity contribution in [3.63, 3.8) is 0 Å². The number of nitrogens with one attached hydrogen (secondary N) is 3. The highest BCUT2D eigenvalue weighted by molar-refractivity contribution is 6.33. The lowest BCUT2D eigenvalue weighted by Gasteiger charge is -2.29. The van der Waals surface area contributed by atoms with Crippen molar-refractivity contribution < 1.29 is 23.1 Å². The van der Waals surface area contributed by atoms with Gasteiger partial charge in [0.2, 0.25) is 0 Å². The number of nitrogens with zero attached hydrogens (tertiary/aromatic N) is 2. The first-order chi connectivity index (χ1) is 16.3. The number of aromatic amines is 1. The Bertz CT molecular complexity index is 1100. The van der Waals surface area contributed by atoms with Gasteiger partial charge in [-0.2, -0.15) is 5.10 Å². The van der Waals surface area contributed by atoms with Crippen molar-refractivity contribution in [2.75, 3.05) is 18.0 Å². The minimum Gasteiger partial charge on any atom is -0.444 e. The number of hydrogen-bond acceptors (Lipinski definition) is 6. The van der Waals surface area contributed by atoms with Crippen LogP contribution in [0.5, 0.6) is 0 Å². The second-order valence-electron chi connectivity index (χ2n) is 8.42. The Kier molecular flexibility index (Phi) is 7.30. The first-order valence-electron chi connectivity index (χ1n) is 11.0. The van der Waals surface area contributed by atoms with Gasteiger partial charge in [0.1, 0.15) is 28.3 Å². The van der Waals surface area contributed by atoms with Gasteiger partial charge in [0, 0.05) is 25.0 Å². The van der Waals surface area contributed by atoms with Gasteiger partial charge in [-0.15, -0.1) is 0 Å². The Labute approximate surface area is 198 Å². The molecule has 0 bridgehead atoms. The van der Waals surface area contributed by atoms with Gasteiger partial charge in [0.05, 0.1) is 18.4 Å². The highest BCUT2D eigenvalue weighted by atomic mass is 35.5. The molecular weight excluding hydrogens is 472 g/mol. The number of rotatable bonds is 5. The summed E-state index contributed by atoms with van der Waals surface area (Å²) < 4.78 is 33.1. The number of carbonyl (C=O) groups excluding carboxylic acids is 2. The molecule has 1 saturated carbocycles. The molecule has 9 nitrogen and oxygen atoms in total. The van der Waals surface area contributed by atoms with Crippen LogP contribution in [0.1, 0.15) is 42.5 Å². The molecule has 1 saturated heterocycles. The molecule has 1 atom stereocenters. The van der Waals surface area contributed by atoms with E-state index in [1.807, 2.05) is 4.90 Å². The third-order valence-corrected chi connectivity index (χ3v) is 6.48. The number of ether oxygens (including phenoxy) is 1. The van der Waals surface area contributed by atoms with Crippen molar-refractivity contribution in [3.8, 4) is 0 Å². The molecule has 1 aliphatic carbocycles. The van der Waals surface area contributed by atoms with Gasteiger partial charge < -0.3 is 20.3 Å². The summed E-state index contributed by atoms with van der Waals surface area (Å²) in [5.74, 6) is -2.59. The topological polar surface area (TPSA) is 116 Å². The molecule has 12 heteroatoms. The van der Waals surface area contributed by atoms with E-state index in [-0.39, 0.29) is 23.2 Å². The average molecular weight is 496 g/mol. The molecule has 4 rings (SSSR count). The van der Waals surface area contributed by atoms with Crippen molar-refractivity contribution in [1.82, 2.24) is 20.8 Å². The maximum absolute atomic E-state index is 13.8. The van der Waals surface area contributed by atoms with E-state index in [0.29, 0.717) is 50.9 Å². The normalized spacial score (nSPS) is 22.3. The largest absolute Gasteiger partial charge is 0.444 e. The molecule has 3 N–H and O–H groups in total. The highest BCUT2D eigenvalue weighted by Gasteiger charge is 2.30. The van der Waals surface area contributed by atoms with Gasteiger partial charge in [0.25, 0.3) is 11.5 Å². The fourth-order valence-electron chi connectivity index (χ4n) is 4.34. The van der Waals surface area contributed by atoms with Crippen molar-refractivity contribution in [2.24, 2.45) is 0 Å². The monoisotopic (exact) mass is 495 g/mol. The van der Waals surface area contributed by atoms with E-state index in [1.165, 1.54) is 12.3 Å². The molecule has 0 radical (unpaired) electrons. The average Bonchev–Trinajstić information content (AvgIpc) is 3.25. The predicted octanol–water partition coefficient (Wildman–Crippen LogP) is 2.75. The second kappa shape index (κ2) is 10.4. The minimum atomic E-state index is -0.904. The standard InChI is InChI=1S/C22H24ClF2N5O4/c23-19-17(10-26-29-21(19)32)30-9-8-14(11-30)34-22(33)28-13-6-4-12(5-7-13)27-20(31)18-15(24)2-1-3-16(18)25/h1-3,10,12-14H,4-9,11H2,(H,27,31)(H,28,33)(H,29,32)/t12?,13?,14-/m1/s1. The van der Waals surface area contributed by atoms with Crippen LogP contribution in [0.2, 0.25) is 5.02 Å². The van der Waals surface area contributed by atoms with E-state index in [9.17, 15) is 23.2 Å². The highest BCUT2D eigenvalue weighted by Crippen LogP contribution is 2.26. The smallest absolute Gasteiger partial charge is 0.407 e. The zero-order chi connectivity index (χ0) is 24.2. The van der Waals surface area contributed by atoms with Crippen molar-refractivity contribution in [1.29, 1.82) is 0 Å². The van der Waals surface area contributed by atoms with Crippen molar-refractivity contribution in [3.05, 3.63) is 57.0 Å². The summed E-state index contributed by atoms with van der Waals surface area (Å²) >= 11 is 6.04. The Morgan fingerprint density at radius 3 is 2.41 bits per heavy atom. The number of H-pyrrole nitrogens is 1. The first kappa shape index (κ1) is 23.9. The van der Waals surface area contributed by atoms with E-state index in [4.69, 9.17) is 16.3 Å². The predicted molar refractivity (Wildman–Crippen MR) is 120 cm³/mol. The van der Waals surface area contributed by atoms with Crippen LogP contribution < -0.4 is 21.1 Å². The number of alkyl carbamates (subject to hydrolysis) is 1. The van der Waals surface area contributed by atoms with Crippen LogP contribution in [0.25, 0.3) is 0 Å². The zero-order valence-electron chi connectivity index (χ0n) is 18.2. The third-order valence-electron chi connectivity index (χ3n) is 6.11. The summed E-state index contributed by atoms with van der Waals surface area (Å²) in [6, 6.07) is 2.92. The maximum atomic E-state index is 13.8. The molecule has 0 unspecified atom stereocenters. The summed E-state index contributed by atoms with van der Waals surface area (Å²) in [4.78, 5) is 38.1. The summed E-state index contributed by atoms with van der Waals surface area (Å²) in [5.41, 5.74) is -0.575. The fourth-order valence-corrected chi connectivity index (χ4v) is 4.55. The van der Waals surface area contributed by atoms with E-state index in [0.717, 1.165) is 12.1 Å². The van der Waals surface area contributed by atoms with Gasteiger partial charge in [0.15, 0.2) is 0 Å². The summed E-state index contributed by atoms with van der Waals surface area (Å²) in [6.07, 6.45) is 3.43. The molecule has 182 valence electrons. The Hall–Kier alpha value is -3.21. The first-order valence-corrected chi connectivity index (χ1v) is 11.4. The lowest BCUT2D eigenvalue weighted by atomic mass is 9.91. The van der Waals surface area contributed by atoms with Crippen molar-refractivity contribution in [2.45, 2.75) is 50.3 Å². The van der Waals surface area contributed by atoms with Crippen LogP contribution in [0.15, 0.2) is 29.2 Å². The number of anilines is 1. The Morgan fingerprint density at radius 2 is 1.74 bits per heavy atom. The summed E-state index contributed by atoms with van der Waals surface area (Å²) in [5, 5.41) is 11.6. The van der Waals surface area contributed by atoms with Gasteiger partial charge in [-0.05, 0) is 37.8 Å². The number of halogens is 3. The molecule has 34 heavy (non-hydrogen) atoms. The molecular formula is C22H24ClF2N5O4. The summed E-state index contributed by atoms with van der Waals surface area (Å²) in [6.45, 7) is 0.958. The quantitative estimate of drug-likeness (QED) is 0.587. The molecule has 2 fully saturated rings. The zero-order valence-corrected chi connectivity index (χ0v) is 18.9. The van der Waals surface area contributed by atoms with Gasteiger partial charge >= 0.3 is 6.09 Å². The van der Waals surface area contributed by atoms with Crippen LogP contribution in [0.3, 0.4) is 0 Å². The van der Waals surface area contributed by atoms with E-state index < -0.39 is 34.8 Å². The van der Waals surface area contributed by atoms with E-state index in [2.05, 4.69) is 20.8 Å². The molecule has 2 aromatic rings. The van der Waals surface area contributed by atoms with E-state index >= 15 is 0 Å². The van der Waals surface area contributed by atoms with Crippen LogP contribution in [-0.2, 0) is 4.74 Å². The van der Waals surface area contributed by atoms with Crippen LogP contribution in [0.4, 0.5) is 19.3 Å². The molecule has 2 amide bonds. The maximum Gasteiger partial charge on any atom is 0.407 e. The second-order valence-corrected chi connectivity index (χ2v) is 8.80. The fraction of sp³-hybridized carbons (Fsp3) is 0.455. The molecule has 1 aliphatic heterocycles. The van der Waals surface area contributed by atoms with Crippen molar-refractivity contribution >= 4 is 29.3 Å². The number of aromatic nitrogens is 2. The lowest BCUT2D eigenvalue weighted by molar-refractivity contribution is 0.0901. The molecule has 1 aromatic carbocycles. The number of carbonyl (C=O) groups is 2. The molecule has 2 aliphatic rings. The van der Waals surface area contributed by atoms with Crippen LogP contribution >= 0.6 is 11.6 Å². The van der Waals surface area contributed by atoms with Gasteiger partial charge in [-0.25, -0.2) is 18.7 Å². The Balaban J connectivity index is 1.21. The van der Waals surface area contributed by atoms with E-state index in [1.54, 1.807) is 0 Å². The van der Waals surface area contributed by atoms with Gasteiger partial charge in [-0.3, -0.25) is 9.59 Å². The number of hydrogen-bond donors (Lipinski definition) is 3. The minimum absolute atomic E-state index is 0.0432. The number of benzene rings is 1. The van der Waals surface area contributed by atoms with Crippen LogP contribution in [-0.4, -0.2) is 53.5 Å². The lowest BCUT2D eigenvalue weighted by Crippen LogP contribution is -2.44. The molecule has 2 heterocycles. The molecule has 0 spiro atoms. The SMILES string of the molecule is O=C(NC1CCC(NC(=O)c2c(F)cccc2F)CC1)O[C@@H]1CCN(c2cn[nH]c(=O)c2Cl)C1. The van der Waals surface area contributed by atoms with Gasteiger partial charge in [-0.1, -0.05) is 17.7 Å². The number of amides is 2. The third kappa shape index (κ3) is 5.46. The Morgan fingerprint density at radius 1 is 1.09 bits per heavy atom. The molecule has 1 aromatic heterocycles. The van der Waals surface area contributed by atoms with Crippen LogP contribution in [0, 0.1) is 11.6 Å².